The zero-order valence-corrected chi connectivity index (χ0v) is 13.7. The van der Waals surface area contributed by atoms with Gasteiger partial charge in [0.15, 0.2) is 0 Å². The van der Waals surface area contributed by atoms with E-state index < -0.39 is 0 Å². The summed E-state index contributed by atoms with van der Waals surface area (Å²) in [7, 11) is 3.29. The van der Waals surface area contributed by atoms with Gasteiger partial charge in [0, 0.05) is 5.69 Å². The summed E-state index contributed by atoms with van der Waals surface area (Å²) in [5.74, 6) is 1.04. The summed E-state index contributed by atoms with van der Waals surface area (Å²) in [4.78, 5) is 25.4. The summed E-state index contributed by atoms with van der Waals surface area (Å²) >= 11 is 0. The van der Waals surface area contributed by atoms with Crippen LogP contribution in [0.2, 0.25) is 0 Å². The van der Waals surface area contributed by atoms with Gasteiger partial charge in [0.2, 0.25) is 11.8 Å². The second-order valence-corrected chi connectivity index (χ2v) is 5.31. The predicted molar refractivity (Wildman–Crippen MR) is 89.7 cm³/mol. The molecule has 128 valence electrons. The molecule has 1 aromatic heterocycles. The maximum absolute atomic E-state index is 12.0. The number of carbonyl (C=O) groups excluding carboxylic acids is 2. The summed E-state index contributed by atoms with van der Waals surface area (Å²) in [6.45, 7) is 0.564. The molecule has 0 radical (unpaired) electrons. The second-order valence-electron chi connectivity index (χ2n) is 5.31. The molecule has 0 atom stereocenters. The Balaban J connectivity index is 1.71. The van der Waals surface area contributed by atoms with Crippen molar-refractivity contribution >= 4 is 17.5 Å². The van der Waals surface area contributed by atoms with Crippen LogP contribution in [0, 0.1) is 0 Å². The van der Waals surface area contributed by atoms with Gasteiger partial charge in [0.1, 0.15) is 11.5 Å². The van der Waals surface area contributed by atoms with Crippen LogP contribution >= 0.6 is 0 Å². The van der Waals surface area contributed by atoms with Gasteiger partial charge in [0.25, 0.3) is 0 Å². The van der Waals surface area contributed by atoms with Crippen LogP contribution in [0.15, 0.2) is 47.1 Å². The molecule has 7 heteroatoms. The van der Waals surface area contributed by atoms with Crippen molar-refractivity contribution in [2.45, 2.75) is 6.54 Å². The van der Waals surface area contributed by atoms with E-state index in [0.717, 1.165) is 5.75 Å². The third-order valence-corrected chi connectivity index (χ3v) is 3.24. The molecule has 0 bridgehead atoms. The highest BCUT2D eigenvalue weighted by atomic mass is 16.5. The number of anilines is 1. The van der Waals surface area contributed by atoms with Crippen molar-refractivity contribution in [1.29, 1.82) is 0 Å². The van der Waals surface area contributed by atoms with Crippen LogP contribution in [0.3, 0.4) is 0 Å². The standard InChI is InChI=1S/C17H21N3O4/c1-20(11-16(21)18-10-15-4-3-9-24-15)12-17(22)19-13-5-7-14(23-2)8-6-13/h3-9H,10-12H2,1-2H3,(H,18,21)(H,19,22). The number of ether oxygens (including phenoxy) is 1. The lowest BCUT2D eigenvalue weighted by molar-refractivity contribution is -0.123. The lowest BCUT2D eigenvalue weighted by atomic mass is 10.3. The SMILES string of the molecule is COc1ccc(NC(=O)CN(C)CC(=O)NCc2ccco2)cc1. The van der Waals surface area contributed by atoms with Crippen LogP contribution in [0.5, 0.6) is 5.75 Å². The zero-order chi connectivity index (χ0) is 17.4. The lowest BCUT2D eigenvalue weighted by Crippen LogP contribution is -2.38. The number of carbonyl (C=O) groups is 2. The number of nitrogens with zero attached hydrogens (tertiary/aromatic N) is 1. The number of benzene rings is 1. The van der Waals surface area contributed by atoms with Gasteiger partial charge in [-0.25, -0.2) is 0 Å². The van der Waals surface area contributed by atoms with E-state index in [-0.39, 0.29) is 24.9 Å². The molecular formula is C17H21N3O4. The highest BCUT2D eigenvalue weighted by Gasteiger charge is 2.11. The van der Waals surface area contributed by atoms with Gasteiger partial charge in [-0.3, -0.25) is 14.5 Å². The molecule has 0 unspecified atom stereocenters. The number of hydrogen-bond acceptors (Lipinski definition) is 5. The van der Waals surface area contributed by atoms with Crippen LogP contribution in [-0.4, -0.2) is 44.0 Å². The van der Waals surface area contributed by atoms with E-state index in [9.17, 15) is 9.59 Å². The molecule has 1 aromatic carbocycles. The van der Waals surface area contributed by atoms with Gasteiger partial charge in [-0.2, -0.15) is 0 Å². The number of amides is 2. The average Bonchev–Trinajstić information content (AvgIpc) is 3.07. The van der Waals surface area contributed by atoms with Gasteiger partial charge in [-0.05, 0) is 43.4 Å². The normalized spacial score (nSPS) is 10.5. The smallest absolute Gasteiger partial charge is 0.238 e. The van der Waals surface area contributed by atoms with Gasteiger partial charge in [0.05, 0.1) is 33.0 Å². The summed E-state index contributed by atoms with van der Waals surface area (Å²) in [6.07, 6.45) is 1.55. The molecule has 2 aromatic rings. The highest BCUT2D eigenvalue weighted by molar-refractivity contribution is 5.92. The monoisotopic (exact) mass is 331 g/mol. The fourth-order valence-corrected chi connectivity index (χ4v) is 2.08. The maximum atomic E-state index is 12.0. The fourth-order valence-electron chi connectivity index (χ4n) is 2.08. The molecule has 24 heavy (non-hydrogen) atoms. The van der Waals surface area contributed by atoms with Gasteiger partial charge >= 0.3 is 0 Å². The minimum absolute atomic E-state index is 0.111. The first-order chi connectivity index (χ1) is 11.6. The van der Waals surface area contributed by atoms with Crippen molar-refractivity contribution in [3.05, 3.63) is 48.4 Å². The topological polar surface area (TPSA) is 83.8 Å². The first-order valence-corrected chi connectivity index (χ1v) is 7.48. The van der Waals surface area contributed by atoms with Crippen LogP contribution in [0.4, 0.5) is 5.69 Å². The number of likely N-dealkylation sites (N-methyl/N-ethyl adjacent to an activating group) is 1. The van der Waals surface area contributed by atoms with Gasteiger partial charge in [-0.1, -0.05) is 0 Å². The molecule has 0 saturated carbocycles. The Bertz CT molecular complexity index is 653. The van der Waals surface area contributed by atoms with Crippen LogP contribution in [0.25, 0.3) is 0 Å². The second kappa shape index (κ2) is 8.73. The van der Waals surface area contributed by atoms with E-state index >= 15 is 0 Å². The van der Waals surface area contributed by atoms with E-state index in [1.807, 2.05) is 0 Å². The number of methoxy groups -OCH3 is 1. The highest BCUT2D eigenvalue weighted by Crippen LogP contribution is 2.14. The molecule has 2 rings (SSSR count). The quantitative estimate of drug-likeness (QED) is 0.765. The van der Waals surface area contributed by atoms with Gasteiger partial charge < -0.3 is 19.8 Å². The largest absolute Gasteiger partial charge is 0.497 e. The third-order valence-electron chi connectivity index (χ3n) is 3.24. The van der Waals surface area contributed by atoms with E-state index in [1.165, 1.54) is 0 Å². The van der Waals surface area contributed by atoms with E-state index in [4.69, 9.17) is 9.15 Å². The zero-order valence-electron chi connectivity index (χ0n) is 13.7. The summed E-state index contributed by atoms with van der Waals surface area (Å²) < 4.78 is 10.2. The van der Waals surface area contributed by atoms with Crippen molar-refractivity contribution in [1.82, 2.24) is 10.2 Å². The van der Waals surface area contributed by atoms with Crippen LogP contribution in [0.1, 0.15) is 5.76 Å². The van der Waals surface area contributed by atoms with Crippen LogP contribution in [-0.2, 0) is 16.1 Å². The predicted octanol–water partition coefficient (Wildman–Crippen LogP) is 1.47. The molecule has 0 aliphatic heterocycles. The first kappa shape index (κ1) is 17.6. The molecule has 2 N–H and O–H groups in total. The minimum Gasteiger partial charge on any atom is -0.497 e. The Hall–Kier alpha value is -2.80. The summed E-state index contributed by atoms with van der Waals surface area (Å²) in [5.41, 5.74) is 0.677. The van der Waals surface area contributed by atoms with Crippen molar-refractivity contribution in [3.8, 4) is 5.75 Å². The number of hydrogen-bond donors (Lipinski definition) is 2. The molecule has 0 aliphatic rings. The molecular weight excluding hydrogens is 310 g/mol. The van der Waals surface area contributed by atoms with E-state index in [2.05, 4.69) is 10.6 Å². The summed E-state index contributed by atoms with van der Waals surface area (Å²) in [6, 6.07) is 10.6. The Morgan fingerprint density at radius 3 is 2.46 bits per heavy atom. The number of furan rings is 1. The molecule has 0 aliphatic carbocycles. The van der Waals surface area contributed by atoms with Crippen LogP contribution < -0.4 is 15.4 Å². The van der Waals surface area contributed by atoms with Gasteiger partial charge in [-0.15, -0.1) is 0 Å². The Labute approximate surface area is 140 Å². The minimum atomic E-state index is -0.193. The third kappa shape index (κ3) is 5.77. The fraction of sp³-hybridized carbons (Fsp3) is 0.294. The van der Waals surface area contributed by atoms with Crippen molar-refractivity contribution < 1.29 is 18.7 Å². The average molecular weight is 331 g/mol. The molecule has 2 amide bonds. The molecule has 0 fully saturated rings. The number of nitrogens with one attached hydrogen (secondary N) is 2. The summed E-state index contributed by atoms with van der Waals surface area (Å²) in [5, 5.41) is 5.50. The molecule has 7 nitrogen and oxygen atoms in total. The maximum Gasteiger partial charge on any atom is 0.238 e. The Morgan fingerprint density at radius 2 is 1.83 bits per heavy atom. The van der Waals surface area contributed by atoms with Crippen molar-refractivity contribution in [2.75, 3.05) is 32.6 Å². The van der Waals surface area contributed by atoms with Crippen molar-refractivity contribution in [2.24, 2.45) is 0 Å². The first-order valence-electron chi connectivity index (χ1n) is 7.48. The Morgan fingerprint density at radius 1 is 1.12 bits per heavy atom. The van der Waals surface area contributed by atoms with E-state index in [1.54, 1.807) is 61.7 Å². The van der Waals surface area contributed by atoms with Crippen molar-refractivity contribution in [3.63, 3.8) is 0 Å². The molecule has 0 saturated heterocycles. The number of rotatable bonds is 8. The molecule has 1 heterocycles. The lowest BCUT2D eigenvalue weighted by Gasteiger charge is -2.16. The van der Waals surface area contributed by atoms with E-state index in [0.29, 0.717) is 18.0 Å². The Kier molecular flexibility index (Phi) is 6.39. The molecule has 0 spiro atoms.